The number of carboxylic acids is 1. The molecule has 0 atom stereocenters. The average Bonchev–Trinajstić information content (AvgIpc) is 3.16. The zero-order chi connectivity index (χ0) is 13.9. The van der Waals surface area contributed by atoms with E-state index in [0.717, 1.165) is 11.1 Å². The minimum atomic E-state index is -0.754. The van der Waals surface area contributed by atoms with Gasteiger partial charge in [-0.2, -0.15) is 0 Å². The van der Waals surface area contributed by atoms with Crippen molar-refractivity contribution in [3.05, 3.63) is 41.5 Å². The van der Waals surface area contributed by atoms with Crippen molar-refractivity contribution in [3.8, 4) is 0 Å². The molecular weight excluding hydrogens is 242 g/mol. The zero-order valence-corrected chi connectivity index (χ0v) is 10.8. The third-order valence-electron chi connectivity index (χ3n) is 3.40. The molecule has 1 fully saturated rings. The van der Waals surface area contributed by atoms with Gasteiger partial charge in [-0.3, -0.25) is 9.59 Å². The van der Waals surface area contributed by atoms with Crippen molar-refractivity contribution < 1.29 is 14.7 Å². The molecule has 1 aliphatic carbocycles. The molecule has 1 amide bonds. The van der Waals surface area contributed by atoms with Crippen LogP contribution in [0.25, 0.3) is 6.08 Å². The lowest BCUT2D eigenvalue weighted by Crippen LogP contribution is -2.21. The monoisotopic (exact) mass is 259 g/mol. The van der Waals surface area contributed by atoms with Gasteiger partial charge in [-0.25, -0.2) is 0 Å². The first-order valence-electron chi connectivity index (χ1n) is 6.30. The van der Waals surface area contributed by atoms with Crippen molar-refractivity contribution in [1.29, 1.82) is 0 Å². The molecule has 100 valence electrons. The van der Waals surface area contributed by atoms with Crippen LogP contribution in [0.15, 0.2) is 30.3 Å². The Balaban J connectivity index is 2.18. The fourth-order valence-corrected chi connectivity index (χ4v) is 2.19. The first kappa shape index (κ1) is 13.3. The maximum Gasteiger partial charge on any atom is 0.314 e. The van der Waals surface area contributed by atoms with Crippen molar-refractivity contribution in [1.82, 2.24) is 5.32 Å². The van der Waals surface area contributed by atoms with Gasteiger partial charge in [-0.05, 0) is 24.0 Å². The van der Waals surface area contributed by atoms with Crippen molar-refractivity contribution in [2.75, 3.05) is 6.54 Å². The van der Waals surface area contributed by atoms with E-state index < -0.39 is 11.4 Å². The third kappa shape index (κ3) is 2.84. The van der Waals surface area contributed by atoms with E-state index in [9.17, 15) is 14.7 Å². The molecule has 0 heterocycles. The standard InChI is InChI=1S/C15H17NO3/c1-11(17)16-10-4-6-12-5-2-3-7-13(12)15(8-9-15)14(18)19/h2-7H,8-10H2,1H3,(H,16,17)(H,18,19). The number of amides is 1. The van der Waals surface area contributed by atoms with Gasteiger partial charge >= 0.3 is 5.97 Å². The molecule has 2 N–H and O–H groups in total. The number of carbonyl (C=O) groups excluding carboxylic acids is 1. The van der Waals surface area contributed by atoms with Crippen LogP contribution in [-0.4, -0.2) is 23.5 Å². The Morgan fingerprint density at radius 2 is 2.05 bits per heavy atom. The molecule has 1 aromatic carbocycles. The van der Waals surface area contributed by atoms with E-state index in [1.165, 1.54) is 6.92 Å². The lowest BCUT2D eigenvalue weighted by Gasteiger charge is -2.13. The normalized spacial score (nSPS) is 16.3. The van der Waals surface area contributed by atoms with E-state index >= 15 is 0 Å². The smallest absolute Gasteiger partial charge is 0.314 e. The Labute approximate surface area is 112 Å². The molecule has 1 aliphatic rings. The summed E-state index contributed by atoms with van der Waals surface area (Å²) in [7, 11) is 0. The Bertz CT molecular complexity index is 530. The van der Waals surface area contributed by atoms with E-state index in [1.807, 2.05) is 36.4 Å². The Hall–Kier alpha value is -2.10. The number of benzene rings is 1. The topological polar surface area (TPSA) is 66.4 Å². The highest BCUT2D eigenvalue weighted by Gasteiger charge is 2.52. The van der Waals surface area contributed by atoms with Gasteiger partial charge in [0.1, 0.15) is 0 Å². The summed E-state index contributed by atoms with van der Waals surface area (Å²) in [5.74, 6) is -0.836. The molecule has 0 aliphatic heterocycles. The summed E-state index contributed by atoms with van der Waals surface area (Å²) >= 11 is 0. The molecule has 4 nitrogen and oxygen atoms in total. The van der Waals surface area contributed by atoms with Crippen LogP contribution >= 0.6 is 0 Å². The van der Waals surface area contributed by atoms with Crippen molar-refractivity contribution in [2.24, 2.45) is 0 Å². The van der Waals surface area contributed by atoms with E-state index in [0.29, 0.717) is 19.4 Å². The van der Waals surface area contributed by atoms with Crippen molar-refractivity contribution >= 4 is 18.0 Å². The summed E-state index contributed by atoms with van der Waals surface area (Å²) in [6, 6.07) is 7.53. The molecule has 4 heteroatoms. The predicted molar refractivity (Wildman–Crippen MR) is 72.7 cm³/mol. The molecule has 1 saturated carbocycles. The van der Waals surface area contributed by atoms with Gasteiger partial charge in [-0.15, -0.1) is 0 Å². The number of carbonyl (C=O) groups is 2. The highest BCUT2D eigenvalue weighted by molar-refractivity contribution is 5.86. The summed E-state index contributed by atoms with van der Waals surface area (Å²) in [5.41, 5.74) is 1.07. The van der Waals surface area contributed by atoms with E-state index in [4.69, 9.17) is 0 Å². The van der Waals surface area contributed by atoms with Crippen LogP contribution in [0, 0.1) is 0 Å². The number of hydrogen-bond donors (Lipinski definition) is 2. The van der Waals surface area contributed by atoms with Gasteiger partial charge in [-0.1, -0.05) is 36.4 Å². The Morgan fingerprint density at radius 1 is 1.37 bits per heavy atom. The number of nitrogens with one attached hydrogen (secondary N) is 1. The molecule has 0 radical (unpaired) electrons. The Kier molecular flexibility index (Phi) is 3.69. The molecule has 1 aromatic rings. The van der Waals surface area contributed by atoms with Crippen LogP contribution < -0.4 is 5.32 Å². The molecule has 19 heavy (non-hydrogen) atoms. The van der Waals surface area contributed by atoms with E-state index in [1.54, 1.807) is 0 Å². The lowest BCUT2D eigenvalue weighted by molar-refractivity contribution is -0.140. The second kappa shape index (κ2) is 5.26. The maximum atomic E-state index is 11.4. The summed E-state index contributed by atoms with van der Waals surface area (Å²) < 4.78 is 0. The van der Waals surface area contributed by atoms with Crippen LogP contribution in [0.1, 0.15) is 30.9 Å². The lowest BCUT2D eigenvalue weighted by atomic mass is 9.91. The predicted octanol–water partition coefficient (Wildman–Crippen LogP) is 1.95. The third-order valence-corrected chi connectivity index (χ3v) is 3.40. The SMILES string of the molecule is CC(=O)NCC=Cc1ccccc1C1(C(=O)O)CC1. The maximum absolute atomic E-state index is 11.4. The highest BCUT2D eigenvalue weighted by Crippen LogP contribution is 2.49. The van der Waals surface area contributed by atoms with Gasteiger partial charge in [0, 0.05) is 13.5 Å². The highest BCUT2D eigenvalue weighted by atomic mass is 16.4. The number of rotatable bonds is 5. The van der Waals surface area contributed by atoms with Gasteiger partial charge in [0.15, 0.2) is 0 Å². The van der Waals surface area contributed by atoms with E-state index in [-0.39, 0.29) is 5.91 Å². The second-order valence-corrected chi connectivity index (χ2v) is 4.81. The first-order valence-corrected chi connectivity index (χ1v) is 6.30. The summed E-state index contributed by atoms with van der Waals surface area (Å²) in [6.07, 6.45) is 5.09. The molecule has 2 rings (SSSR count). The second-order valence-electron chi connectivity index (χ2n) is 4.81. The number of aliphatic carboxylic acids is 1. The van der Waals surface area contributed by atoms with Crippen LogP contribution in [0.5, 0.6) is 0 Å². The number of carboxylic acid groups (broad SMARTS) is 1. The summed E-state index contributed by atoms with van der Waals surface area (Å²) in [6.45, 7) is 1.91. The van der Waals surface area contributed by atoms with Crippen molar-refractivity contribution in [2.45, 2.75) is 25.2 Å². The zero-order valence-electron chi connectivity index (χ0n) is 10.8. The van der Waals surface area contributed by atoms with Crippen LogP contribution in [0.3, 0.4) is 0 Å². The molecule has 0 aromatic heterocycles. The number of hydrogen-bond acceptors (Lipinski definition) is 2. The van der Waals surface area contributed by atoms with Crippen molar-refractivity contribution in [3.63, 3.8) is 0 Å². The summed E-state index contributed by atoms with van der Waals surface area (Å²) in [5, 5.41) is 12.0. The average molecular weight is 259 g/mol. The largest absolute Gasteiger partial charge is 0.481 e. The van der Waals surface area contributed by atoms with Gasteiger partial charge in [0.05, 0.1) is 5.41 Å². The van der Waals surface area contributed by atoms with Gasteiger partial charge < -0.3 is 10.4 Å². The van der Waals surface area contributed by atoms with Gasteiger partial charge in [0.25, 0.3) is 0 Å². The van der Waals surface area contributed by atoms with Crippen LogP contribution in [0.2, 0.25) is 0 Å². The van der Waals surface area contributed by atoms with Crippen LogP contribution in [-0.2, 0) is 15.0 Å². The quantitative estimate of drug-likeness (QED) is 0.849. The fourth-order valence-electron chi connectivity index (χ4n) is 2.19. The minimum absolute atomic E-state index is 0.0814. The first-order chi connectivity index (χ1) is 9.06. The fraction of sp³-hybridized carbons (Fsp3) is 0.333. The molecule has 0 bridgehead atoms. The van der Waals surface area contributed by atoms with E-state index in [2.05, 4.69) is 5.32 Å². The van der Waals surface area contributed by atoms with Crippen LogP contribution in [0.4, 0.5) is 0 Å². The molecular formula is C15H17NO3. The molecule has 0 saturated heterocycles. The molecule has 0 spiro atoms. The Morgan fingerprint density at radius 3 is 2.63 bits per heavy atom. The molecule has 0 unspecified atom stereocenters. The summed E-state index contributed by atoms with van der Waals surface area (Å²) in [4.78, 5) is 22.1. The minimum Gasteiger partial charge on any atom is -0.481 e. The van der Waals surface area contributed by atoms with Gasteiger partial charge in [0.2, 0.25) is 5.91 Å².